The molecule has 1 aliphatic carbocycles. The molecule has 0 bridgehead atoms. The molecule has 0 aliphatic heterocycles. The van der Waals surface area contributed by atoms with Crippen molar-refractivity contribution in [2.24, 2.45) is 0 Å². The summed E-state index contributed by atoms with van der Waals surface area (Å²) in [6.45, 7) is 0.942. The van der Waals surface area contributed by atoms with Gasteiger partial charge in [-0.1, -0.05) is 54.6 Å². The van der Waals surface area contributed by atoms with Gasteiger partial charge in [-0.2, -0.15) is 5.10 Å². The van der Waals surface area contributed by atoms with Crippen molar-refractivity contribution in [3.63, 3.8) is 0 Å². The van der Waals surface area contributed by atoms with E-state index in [2.05, 4.69) is 15.7 Å². The molecule has 0 atom stereocenters. The number of para-hydroxylation sites is 1. The van der Waals surface area contributed by atoms with Gasteiger partial charge in [0.15, 0.2) is 5.65 Å². The van der Waals surface area contributed by atoms with E-state index in [-0.39, 0.29) is 5.91 Å². The van der Waals surface area contributed by atoms with Gasteiger partial charge in [0.05, 0.1) is 22.3 Å². The number of amides is 1. The molecule has 1 saturated carbocycles. The molecule has 9 heteroatoms. The van der Waals surface area contributed by atoms with Crippen LogP contribution < -0.4 is 10.6 Å². The molecule has 1 amide bonds. The Morgan fingerprint density at radius 3 is 2.51 bits per heavy atom. The normalized spacial score (nSPS) is 14.2. The molecule has 2 aromatic carbocycles. The third-order valence-corrected chi connectivity index (χ3v) is 6.88. The Hall–Kier alpha value is -3.16. The second-order valence-corrected chi connectivity index (χ2v) is 9.54. The first-order chi connectivity index (χ1) is 17.1. The van der Waals surface area contributed by atoms with Crippen LogP contribution in [0.2, 0.25) is 10.0 Å². The zero-order chi connectivity index (χ0) is 24.2. The highest BCUT2D eigenvalue weighted by atomic mass is 35.5. The third kappa shape index (κ3) is 5.26. The summed E-state index contributed by atoms with van der Waals surface area (Å²) in [7, 11) is 0. The number of carbonyl (C=O) groups excluding carboxylic acids is 1. The first kappa shape index (κ1) is 23.6. The molecular formula is C26H26Cl2N6O. The zero-order valence-electron chi connectivity index (χ0n) is 19.2. The summed E-state index contributed by atoms with van der Waals surface area (Å²) in [6.07, 6.45) is 7.57. The van der Waals surface area contributed by atoms with Gasteiger partial charge in [0.1, 0.15) is 11.6 Å². The van der Waals surface area contributed by atoms with Crippen molar-refractivity contribution in [2.45, 2.75) is 38.0 Å². The maximum absolute atomic E-state index is 12.4. The molecule has 7 nitrogen and oxygen atoms in total. The summed E-state index contributed by atoms with van der Waals surface area (Å²) >= 11 is 12.4. The van der Waals surface area contributed by atoms with Gasteiger partial charge < -0.3 is 10.6 Å². The quantitative estimate of drug-likeness (QED) is 0.298. The second-order valence-electron chi connectivity index (χ2n) is 8.70. The third-order valence-electron chi connectivity index (χ3n) is 6.31. The minimum absolute atomic E-state index is 0.147. The summed E-state index contributed by atoms with van der Waals surface area (Å²) in [5.74, 6) is 1.73. The van der Waals surface area contributed by atoms with Crippen LogP contribution in [0.1, 0.15) is 54.2 Å². The Morgan fingerprint density at radius 1 is 0.971 bits per heavy atom. The van der Waals surface area contributed by atoms with Gasteiger partial charge in [0.2, 0.25) is 0 Å². The Morgan fingerprint density at radius 2 is 1.74 bits per heavy atom. The highest BCUT2D eigenvalue weighted by molar-refractivity contribution is 6.32. The van der Waals surface area contributed by atoms with Crippen LogP contribution in [0, 0.1) is 0 Å². The van der Waals surface area contributed by atoms with E-state index in [1.54, 1.807) is 35.1 Å². The van der Waals surface area contributed by atoms with Crippen molar-refractivity contribution in [3.05, 3.63) is 76.2 Å². The Labute approximate surface area is 213 Å². The van der Waals surface area contributed by atoms with Crippen LogP contribution in [0.3, 0.4) is 0 Å². The molecule has 2 N–H and O–H groups in total. The van der Waals surface area contributed by atoms with E-state index in [0.29, 0.717) is 34.6 Å². The molecule has 0 saturated heterocycles. The number of carbonyl (C=O) groups is 1. The predicted octanol–water partition coefficient (Wildman–Crippen LogP) is 6.01. The van der Waals surface area contributed by atoms with E-state index < -0.39 is 0 Å². The van der Waals surface area contributed by atoms with E-state index in [0.717, 1.165) is 41.2 Å². The molecule has 2 aromatic heterocycles. The fourth-order valence-electron chi connectivity index (χ4n) is 4.46. The lowest BCUT2D eigenvalue weighted by atomic mass is 9.88. The maximum atomic E-state index is 12.4. The lowest BCUT2D eigenvalue weighted by Gasteiger charge is -2.21. The molecule has 0 radical (unpaired) electrons. The minimum atomic E-state index is -0.147. The first-order valence-corrected chi connectivity index (χ1v) is 12.6. The van der Waals surface area contributed by atoms with Crippen LogP contribution in [0.5, 0.6) is 0 Å². The van der Waals surface area contributed by atoms with Crippen molar-refractivity contribution in [2.75, 3.05) is 18.4 Å². The molecule has 2 heterocycles. The van der Waals surface area contributed by atoms with Crippen molar-refractivity contribution in [1.29, 1.82) is 0 Å². The average molecular weight is 509 g/mol. The van der Waals surface area contributed by atoms with E-state index in [9.17, 15) is 4.79 Å². The highest BCUT2D eigenvalue weighted by Gasteiger charge is 2.22. The topological polar surface area (TPSA) is 84.7 Å². The fraction of sp³-hybridized carbons (Fsp3) is 0.308. The second kappa shape index (κ2) is 10.6. The lowest BCUT2D eigenvalue weighted by molar-refractivity contribution is 0.0955. The Kier molecular flexibility index (Phi) is 7.16. The lowest BCUT2D eigenvalue weighted by Crippen LogP contribution is -2.29. The highest BCUT2D eigenvalue weighted by Crippen LogP contribution is 2.34. The monoisotopic (exact) mass is 508 g/mol. The minimum Gasteiger partial charge on any atom is -0.368 e. The number of nitrogens with zero attached hydrogens (tertiary/aromatic N) is 4. The number of aromatic nitrogens is 4. The van der Waals surface area contributed by atoms with Gasteiger partial charge in [-0.3, -0.25) is 4.79 Å². The van der Waals surface area contributed by atoms with Crippen LogP contribution in [-0.4, -0.2) is 38.7 Å². The molecular weight excluding hydrogens is 483 g/mol. The summed E-state index contributed by atoms with van der Waals surface area (Å²) in [4.78, 5) is 22.3. The van der Waals surface area contributed by atoms with Gasteiger partial charge in [0, 0.05) is 29.6 Å². The summed E-state index contributed by atoms with van der Waals surface area (Å²) < 4.78 is 1.78. The molecule has 0 unspecified atom stereocenters. The molecule has 4 aromatic rings. The number of benzene rings is 2. The summed E-state index contributed by atoms with van der Waals surface area (Å²) in [5.41, 5.74) is 2.07. The van der Waals surface area contributed by atoms with Crippen molar-refractivity contribution in [1.82, 2.24) is 25.1 Å². The average Bonchev–Trinajstić information content (AvgIpc) is 3.31. The van der Waals surface area contributed by atoms with E-state index >= 15 is 0 Å². The number of anilines is 1. The molecule has 180 valence electrons. The summed E-state index contributed by atoms with van der Waals surface area (Å²) in [6, 6.07) is 14.4. The molecule has 1 fully saturated rings. The zero-order valence-corrected chi connectivity index (χ0v) is 20.7. The van der Waals surface area contributed by atoms with Crippen molar-refractivity contribution < 1.29 is 4.79 Å². The van der Waals surface area contributed by atoms with Gasteiger partial charge in [-0.05, 0) is 49.2 Å². The predicted molar refractivity (Wildman–Crippen MR) is 140 cm³/mol. The molecule has 5 rings (SSSR count). The Bertz CT molecular complexity index is 1330. The van der Waals surface area contributed by atoms with Gasteiger partial charge in [0.25, 0.3) is 5.91 Å². The number of fused-ring (bicyclic) bond motifs is 1. The van der Waals surface area contributed by atoms with Gasteiger partial charge >= 0.3 is 0 Å². The summed E-state index contributed by atoms with van der Waals surface area (Å²) in [5, 5.41) is 12.9. The number of hydrogen-bond donors (Lipinski definition) is 2. The van der Waals surface area contributed by atoms with E-state index in [1.807, 2.05) is 24.3 Å². The molecule has 0 spiro atoms. The number of nitrogens with one attached hydrogen (secondary N) is 2. The molecule has 1 aliphatic rings. The van der Waals surface area contributed by atoms with Crippen molar-refractivity contribution in [3.8, 4) is 5.69 Å². The van der Waals surface area contributed by atoms with Crippen LogP contribution >= 0.6 is 23.2 Å². The van der Waals surface area contributed by atoms with Crippen LogP contribution in [-0.2, 0) is 0 Å². The largest absolute Gasteiger partial charge is 0.368 e. The maximum Gasteiger partial charge on any atom is 0.251 e. The fourth-order valence-corrected chi connectivity index (χ4v) is 4.80. The van der Waals surface area contributed by atoms with Crippen LogP contribution in [0.15, 0.2) is 54.7 Å². The smallest absolute Gasteiger partial charge is 0.251 e. The van der Waals surface area contributed by atoms with Crippen LogP contribution in [0.4, 0.5) is 5.82 Å². The van der Waals surface area contributed by atoms with Crippen molar-refractivity contribution >= 4 is 46.0 Å². The standard InChI is InChI=1S/C26H26Cl2N6O/c27-19-12-10-18(11-13-19)26(35)30-15-14-29-24-20-16-31-34(22-9-5-4-8-21(22)28)25(20)33-23(32-24)17-6-2-1-3-7-17/h4-5,8-13,16-17H,1-3,6-7,14-15H2,(H,30,35)(H,29,32,33). The number of hydrogen-bond acceptors (Lipinski definition) is 5. The first-order valence-electron chi connectivity index (χ1n) is 11.9. The molecule has 35 heavy (non-hydrogen) atoms. The van der Waals surface area contributed by atoms with E-state index in [4.69, 9.17) is 33.2 Å². The number of rotatable bonds is 7. The van der Waals surface area contributed by atoms with Crippen LogP contribution in [0.25, 0.3) is 16.7 Å². The van der Waals surface area contributed by atoms with E-state index in [1.165, 1.54) is 19.3 Å². The van der Waals surface area contributed by atoms with Gasteiger partial charge in [-0.15, -0.1) is 0 Å². The SMILES string of the molecule is O=C(NCCNc1nc(C2CCCCC2)nc2c1cnn2-c1ccccc1Cl)c1ccc(Cl)cc1. The number of halogens is 2. The Balaban J connectivity index is 1.38. The van der Waals surface area contributed by atoms with Gasteiger partial charge in [-0.25, -0.2) is 14.6 Å².